The Hall–Kier alpha value is -1.92. The van der Waals surface area contributed by atoms with Crippen LogP contribution in [0.25, 0.3) is 16.2 Å². The summed E-state index contributed by atoms with van der Waals surface area (Å²) in [5.41, 5.74) is 3.75. The molecular weight excluding hydrogens is 272 g/mol. The van der Waals surface area contributed by atoms with Crippen molar-refractivity contribution in [2.45, 2.75) is 13.8 Å². The van der Waals surface area contributed by atoms with Crippen molar-refractivity contribution in [3.63, 3.8) is 0 Å². The monoisotopic (exact) mass is 288 g/mol. The molecule has 0 aliphatic heterocycles. The highest BCUT2D eigenvalue weighted by Crippen LogP contribution is 2.27. The Morgan fingerprint density at radius 2 is 2.25 bits per heavy atom. The second-order valence-corrected chi connectivity index (χ2v) is 5.55. The van der Waals surface area contributed by atoms with Crippen LogP contribution >= 0.6 is 11.3 Å². The highest BCUT2D eigenvalue weighted by molar-refractivity contribution is 7.13. The van der Waals surface area contributed by atoms with Crippen molar-refractivity contribution in [1.29, 1.82) is 0 Å². The topological polar surface area (TPSA) is 62.5 Å². The fourth-order valence-electron chi connectivity index (χ4n) is 2.13. The van der Waals surface area contributed by atoms with Gasteiger partial charge in [-0.25, -0.2) is 4.98 Å². The minimum atomic E-state index is 0.0847. The van der Waals surface area contributed by atoms with Crippen LogP contribution in [0.3, 0.4) is 0 Å². The third kappa shape index (κ3) is 2.17. The molecule has 0 fully saturated rings. The Balaban J connectivity index is 2.17. The molecule has 0 radical (unpaired) electrons. The standard InChI is InChI=1S/C14H16N4OS/c1-9-10(2)16-13-8-11(12-4-3-7-20-12)17-18(13)14(9)15-5-6-19/h3-4,7-8,15,19H,5-6H2,1-2H3. The van der Waals surface area contributed by atoms with Crippen LogP contribution in [0.2, 0.25) is 0 Å². The van der Waals surface area contributed by atoms with E-state index >= 15 is 0 Å². The molecule has 0 atom stereocenters. The summed E-state index contributed by atoms with van der Waals surface area (Å²) in [7, 11) is 0. The highest BCUT2D eigenvalue weighted by Gasteiger charge is 2.13. The number of anilines is 1. The molecule has 0 bridgehead atoms. The average molecular weight is 288 g/mol. The zero-order chi connectivity index (χ0) is 14.1. The lowest BCUT2D eigenvalue weighted by Crippen LogP contribution is -2.12. The van der Waals surface area contributed by atoms with Crippen LogP contribution < -0.4 is 5.32 Å². The molecule has 3 rings (SSSR count). The Bertz CT molecular complexity index is 733. The molecule has 0 aliphatic rings. The second-order valence-electron chi connectivity index (χ2n) is 4.60. The molecule has 3 aromatic heterocycles. The number of nitrogens with one attached hydrogen (secondary N) is 1. The lowest BCUT2D eigenvalue weighted by Gasteiger charge is -2.11. The Morgan fingerprint density at radius 1 is 1.40 bits per heavy atom. The van der Waals surface area contributed by atoms with E-state index in [2.05, 4.69) is 15.4 Å². The van der Waals surface area contributed by atoms with Crippen LogP contribution in [0.15, 0.2) is 23.6 Å². The average Bonchev–Trinajstić information content (AvgIpc) is 3.07. The number of hydrogen-bond acceptors (Lipinski definition) is 5. The summed E-state index contributed by atoms with van der Waals surface area (Å²) in [5.74, 6) is 0.893. The molecule has 0 aliphatic carbocycles. The number of aromatic nitrogens is 3. The van der Waals surface area contributed by atoms with Crippen molar-refractivity contribution < 1.29 is 5.11 Å². The van der Waals surface area contributed by atoms with Gasteiger partial charge in [0.2, 0.25) is 0 Å². The lowest BCUT2D eigenvalue weighted by atomic mass is 10.2. The van der Waals surface area contributed by atoms with E-state index < -0.39 is 0 Å². The predicted octanol–water partition coefficient (Wildman–Crippen LogP) is 2.48. The van der Waals surface area contributed by atoms with Crippen LogP contribution in [-0.4, -0.2) is 32.9 Å². The molecular formula is C14H16N4OS. The molecule has 20 heavy (non-hydrogen) atoms. The second kappa shape index (κ2) is 5.22. The molecule has 104 valence electrons. The van der Waals surface area contributed by atoms with E-state index in [0.717, 1.165) is 33.3 Å². The van der Waals surface area contributed by atoms with Gasteiger partial charge in [0.05, 0.1) is 11.5 Å². The van der Waals surface area contributed by atoms with Crippen LogP contribution in [0.4, 0.5) is 5.82 Å². The van der Waals surface area contributed by atoms with Crippen LogP contribution in [-0.2, 0) is 0 Å². The van der Waals surface area contributed by atoms with Gasteiger partial charge in [-0.15, -0.1) is 11.3 Å². The summed E-state index contributed by atoms with van der Waals surface area (Å²) in [5, 5.41) is 18.9. The minimum absolute atomic E-state index is 0.0847. The van der Waals surface area contributed by atoms with E-state index in [4.69, 9.17) is 5.11 Å². The fourth-order valence-corrected chi connectivity index (χ4v) is 2.81. The number of nitrogens with zero attached hydrogens (tertiary/aromatic N) is 3. The van der Waals surface area contributed by atoms with E-state index in [0.29, 0.717) is 6.54 Å². The summed E-state index contributed by atoms with van der Waals surface area (Å²) in [4.78, 5) is 5.70. The quantitative estimate of drug-likeness (QED) is 0.774. The third-order valence-electron chi connectivity index (χ3n) is 3.26. The van der Waals surface area contributed by atoms with E-state index in [9.17, 15) is 0 Å². The molecule has 2 N–H and O–H groups in total. The SMILES string of the molecule is Cc1nc2cc(-c3cccs3)nn2c(NCCO)c1C. The maximum Gasteiger partial charge on any atom is 0.158 e. The molecule has 3 heterocycles. The predicted molar refractivity (Wildman–Crippen MR) is 81.3 cm³/mol. The van der Waals surface area contributed by atoms with Gasteiger partial charge in [-0.2, -0.15) is 9.61 Å². The summed E-state index contributed by atoms with van der Waals surface area (Å²) < 4.78 is 1.81. The molecule has 3 aromatic rings. The Labute approximate surface area is 120 Å². The Morgan fingerprint density at radius 3 is 2.95 bits per heavy atom. The largest absolute Gasteiger partial charge is 0.395 e. The maximum atomic E-state index is 9.01. The number of aliphatic hydroxyl groups is 1. The van der Waals surface area contributed by atoms with Crippen molar-refractivity contribution in [2.75, 3.05) is 18.5 Å². The first-order valence-corrected chi connectivity index (χ1v) is 7.34. The van der Waals surface area contributed by atoms with Gasteiger partial charge in [0.15, 0.2) is 5.65 Å². The van der Waals surface area contributed by atoms with Gasteiger partial charge in [0.25, 0.3) is 0 Å². The van der Waals surface area contributed by atoms with Gasteiger partial charge in [0, 0.05) is 23.9 Å². The zero-order valence-electron chi connectivity index (χ0n) is 11.4. The van der Waals surface area contributed by atoms with Crippen molar-refractivity contribution in [1.82, 2.24) is 14.6 Å². The summed E-state index contributed by atoms with van der Waals surface area (Å²) in [6.45, 7) is 4.57. The molecule has 6 heteroatoms. The first-order chi connectivity index (χ1) is 9.70. The van der Waals surface area contributed by atoms with Crippen LogP contribution in [0.5, 0.6) is 0 Å². The summed E-state index contributed by atoms with van der Waals surface area (Å²) >= 11 is 1.66. The normalized spacial score (nSPS) is 11.2. The van der Waals surface area contributed by atoms with Crippen molar-refractivity contribution in [2.24, 2.45) is 0 Å². The van der Waals surface area contributed by atoms with Gasteiger partial charge < -0.3 is 10.4 Å². The first-order valence-electron chi connectivity index (χ1n) is 6.46. The van der Waals surface area contributed by atoms with Gasteiger partial charge in [-0.1, -0.05) is 6.07 Å². The van der Waals surface area contributed by atoms with Gasteiger partial charge in [0.1, 0.15) is 11.5 Å². The number of fused-ring (bicyclic) bond motifs is 1. The number of aryl methyl sites for hydroxylation is 1. The maximum absolute atomic E-state index is 9.01. The number of rotatable bonds is 4. The van der Waals surface area contributed by atoms with Gasteiger partial charge >= 0.3 is 0 Å². The lowest BCUT2D eigenvalue weighted by molar-refractivity contribution is 0.311. The van der Waals surface area contributed by atoms with E-state index in [1.165, 1.54) is 0 Å². The fraction of sp³-hybridized carbons (Fsp3) is 0.286. The van der Waals surface area contributed by atoms with Crippen molar-refractivity contribution in [3.8, 4) is 10.6 Å². The highest BCUT2D eigenvalue weighted by atomic mass is 32.1. The molecule has 5 nitrogen and oxygen atoms in total. The van der Waals surface area contributed by atoms with Gasteiger partial charge in [-0.3, -0.25) is 0 Å². The number of aliphatic hydroxyl groups excluding tert-OH is 1. The molecule has 0 saturated heterocycles. The summed E-state index contributed by atoms with van der Waals surface area (Å²) in [6.07, 6.45) is 0. The molecule has 0 amide bonds. The molecule has 0 unspecified atom stereocenters. The summed E-state index contributed by atoms with van der Waals surface area (Å²) in [6, 6.07) is 6.05. The third-order valence-corrected chi connectivity index (χ3v) is 4.15. The van der Waals surface area contributed by atoms with E-state index in [1.807, 2.05) is 41.9 Å². The van der Waals surface area contributed by atoms with E-state index in [1.54, 1.807) is 11.3 Å². The smallest absolute Gasteiger partial charge is 0.158 e. The Kier molecular flexibility index (Phi) is 3.42. The molecule has 0 spiro atoms. The zero-order valence-corrected chi connectivity index (χ0v) is 12.2. The van der Waals surface area contributed by atoms with Gasteiger partial charge in [-0.05, 0) is 25.3 Å². The number of hydrogen-bond donors (Lipinski definition) is 2. The van der Waals surface area contributed by atoms with Crippen molar-refractivity contribution in [3.05, 3.63) is 34.8 Å². The van der Waals surface area contributed by atoms with E-state index in [-0.39, 0.29) is 6.61 Å². The van der Waals surface area contributed by atoms with Crippen LogP contribution in [0, 0.1) is 13.8 Å². The van der Waals surface area contributed by atoms with Crippen molar-refractivity contribution >= 4 is 22.8 Å². The molecule has 0 aromatic carbocycles. The number of thiophene rings is 1. The molecule has 0 saturated carbocycles. The minimum Gasteiger partial charge on any atom is -0.395 e. The first kappa shape index (κ1) is 13.1. The van der Waals surface area contributed by atoms with Crippen LogP contribution in [0.1, 0.15) is 11.3 Å².